The van der Waals surface area contributed by atoms with E-state index in [-0.39, 0.29) is 0 Å². The Bertz CT molecular complexity index is 433. The predicted octanol–water partition coefficient (Wildman–Crippen LogP) is 6.15. The van der Waals surface area contributed by atoms with E-state index >= 15 is 0 Å². The minimum Gasteiger partial charge on any atom is -0.490 e. The summed E-state index contributed by atoms with van der Waals surface area (Å²) in [6.07, 6.45) is 13.1. The van der Waals surface area contributed by atoms with Crippen LogP contribution in [0.1, 0.15) is 70.3 Å². The van der Waals surface area contributed by atoms with Gasteiger partial charge in [-0.15, -0.1) is 0 Å². The summed E-state index contributed by atoms with van der Waals surface area (Å²) in [6.45, 7) is 4.49. The monoisotopic (exact) mass is 300 g/mol. The molecule has 0 aromatic heterocycles. The van der Waals surface area contributed by atoms with Gasteiger partial charge in [-0.05, 0) is 75.3 Å². The second-order valence-electron chi connectivity index (χ2n) is 7.66. The number of aryl methyl sites for hydroxylation is 1. The molecule has 0 bridgehead atoms. The third kappa shape index (κ3) is 4.06. The van der Waals surface area contributed by atoms with Crippen molar-refractivity contribution < 1.29 is 4.74 Å². The van der Waals surface area contributed by atoms with Gasteiger partial charge in [0.1, 0.15) is 5.75 Å². The van der Waals surface area contributed by atoms with E-state index in [1.807, 2.05) is 0 Å². The number of rotatable bonds is 4. The molecule has 0 amide bonds. The molecule has 0 radical (unpaired) electrons. The van der Waals surface area contributed by atoms with E-state index < -0.39 is 0 Å². The lowest BCUT2D eigenvalue weighted by molar-refractivity contribution is 0.0920. The molecule has 0 saturated heterocycles. The highest BCUT2D eigenvalue weighted by Crippen LogP contribution is 2.41. The maximum absolute atomic E-state index is 6.18. The van der Waals surface area contributed by atoms with Crippen molar-refractivity contribution in [2.75, 3.05) is 0 Å². The summed E-state index contributed by atoms with van der Waals surface area (Å²) in [7, 11) is 0. The lowest BCUT2D eigenvalue weighted by Gasteiger charge is -2.37. The molecular formula is C21H32O. The van der Waals surface area contributed by atoms with E-state index in [2.05, 4.69) is 38.1 Å². The summed E-state index contributed by atoms with van der Waals surface area (Å²) in [5, 5.41) is 0. The fourth-order valence-electron chi connectivity index (χ4n) is 4.56. The Hall–Kier alpha value is -0.980. The molecule has 0 heterocycles. The largest absolute Gasteiger partial charge is 0.490 e. The van der Waals surface area contributed by atoms with E-state index in [1.165, 1.54) is 63.4 Å². The van der Waals surface area contributed by atoms with Crippen LogP contribution in [0.4, 0.5) is 0 Å². The van der Waals surface area contributed by atoms with Crippen molar-refractivity contribution in [3.63, 3.8) is 0 Å². The maximum Gasteiger partial charge on any atom is 0.119 e. The number of ether oxygens (including phenoxy) is 1. The summed E-state index contributed by atoms with van der Waals surface area (Å²) >= 11 is 0. The summed E-state index contributed by atoms with van der Waals surface area (Å²) in [5.41, 5.74) is 1.30. The van der Waals surface area contributed by atoms with Crippen LogP contribution in [-0.4, -0.2) is 6.10 Å². The second kappa shape index (κ2) is 7.53. The van der Waals surface area contributed by atoms with Crippen molar-refractivity contribution in [2.24, 2.45) is 17.8 Å². The molecule has 2 aliphatic rings. The van der Waals surface area contributed by atoms with Crippen LogP contribution in [0.2, 0.25) is 0 Å². The van der Waals surface area contributed by atoms with Crippen molar-refractivity contribution in [1.82, 2.24) is 0 Å². The Kier molecular flexibility index (Phi) is 5.44. The van der Waals surface area contributed by atoms with Crippen LogP contribution >= 0.6 is 0 Å². The van der Waals surface area contributed by atoms with Gasteiger partial charge in [-0.25, -0.2) is 0 Å². The van der Waals surface area contributed by atoms with Crippen LogP contribution in [0.15, 0.2) is 24.3 Å². The minimum atomic E-state index is 0.450. The Morgan fingerprint density at radius 1 is 0.818 bits per heavy atom. The number of hydrogen-bond donors (Lipinski definition) is 0. The molecule has 1 nitrogen and oxygen atoms in total. The van der Waals surface area contributed by atoms with Crippen LogP contribution < -0.4 is 4.74 Å². The molecule has 0 atom stereocenters. The number of benzene rings is 1. The summed E-state index contributed by atoms with van der Waals surface area (Å²) < 4.78 is 6.18. The van der Waals surface area contributed by atoms with E-state index in [0.717, 1.165) is 23.5 Å². The predicted molar refractivity (Wildman–Crippen MR) is 93.3 cm³/mol. The molecule has 0 N–H and O–H groups in total. The average Bonchev–Trinajstić information content (AvgIpc) is 2.58. The van der Waals surface area contributed by atoms with Crippen molar-refractivity contribution in [2.45, 2.75) is 77.7 Å². The van der Waals surface area contributed by atoms with E-state index in [9.17, 15) is 0 Å². The first-order chi connectivity index (χ1) is 10.7. The van der Waals surface area contributed by atoms with Gasteiger partial charge in [0.2, 0.25) is 0 Å². The fraction of sp³-hybridized carbons (Fsp3) is 0.714. The van der Waals surface area contributed by atoms with Gasteiger partial charge in [-0.2, -0.15) is 0 Å². The Morgan fingerprint density at radius 3 is 1.91 bits per heavy atom. The normalized spacial score (nSPS) is 32.6. The highest BCUT2D eigenvalue weighted by Gasteiger charge is 2.31. The van der Waals surface area contributed by atoms with Crippen molar-refractivity contribution in [1.29, 1.82) is 0 Å². The van der Waals surface area contributed by atoms with Crippen LogP contribution in [0, 0.1) is 24.7 Å². The van der Waals surface area contributed by atoms with Gasteiger partial charge < -0.3 is 4.74 Å². The second-order valence-corrected chi connectivity index (χ2v) is 7.66. The van der Waals surface area contributed by atoms with Gasteiger partial charge in [0.05, 0.1) is 6.10 Å². The SMILES string of the molecule is CCC1CCC(C2CCC(Oc3ccc(C)cc3)CC2)CC1. The zero-order chi connectivity index (χ0) is 15.4. The van der Waals surface area contributed by atoms with Gasteiger partial charge in [-0.3, -0.25) is 0 Å². The van der Waals surface area contributed by atoms with Crippen molar-refractivity contribution in [3.05, 3.63) is 29.8 Å². The minimum absolute atomic E-state index is 0.450. The van der Waals surface area contributed by atoms with E-state index in [1.54, 1.807) is 0 Å². The Balaban J connectivity index is 1.43. The van der Waals surface area contributed by atoms with Gasteiger partial charge in [0.15, 0.2) is 0 Å². The molecule has 0 aliphatic heterocycles. The first-order valence-corrected chi connectivity index (χ1v) is 9.48. The maximum atomic E-state index is 6.18. The highest BCUT2D eigenvalue weighted by atomic mass is 16.5. The molecule has 1 aromatic carbocycles. The first-order valence-electron chi connectivity index (χ1n) is 9.48. The highest BCUT2D eigenvalue weighted by molar-refractivity contribution is 5.26. The third-order valence-electron chi connectivity index (χ3n) is 6.18. The molecule has 0 spiro atoms. The molecule has 22 heavy (non-hydrogen) atoms. The number of hydrogen-bond acceptors (Lipinski definition) is 1. The zero-order valence-corrected chi connectivity index (χ0v) is 14.4. The average molecular weight is 300 g/mol. The summed E-state index contributed by atoms with van der Waals surface area (Å²) in [6, 6.07) is 8.53. The Morgan fingerprint density at radius 2 is 1.36 bits per heavy atom. The first kappa shape index (κ1) is 15.9. The van der Waals surface area contributed by atoms with Crippen LogP contribution in [0.25, 0.3) is 0 Å². The molecule has 0 unspecified atom stereocenters. The molecular weight excluding hydrogens is 268 g/mol. The van der Waals surface area contributed by atoms with Crippen LogP contribution in [0.5, 0.6) is 5.75 Å². The van der Waals surface area contributed by atoms with Crippen LogP contribution in [0.3, 0.4) is 0 Å². The van der Waals surface area contributed by atoms with E-state index in [0.29, 0.717) is 6.10 Å². The lowest BCUT2D eigenvalue weighted by Crippen LogP contribution is -2.29. The molecule has 3 rings (SSSR count). The topological polar surface area (TPSA) is 9.23 Å². The molecule has 2 fully saturated rings. The molecule has 2 aliphatic carbocycles. The van der Waals surface area contributed by atoms with Crippen molar-refractivity contribution in [3.8, 4) is 5.75 Å². The molecule has 1 aromatic rings. The molecule has 122 valence electrons. The van der Waals surface area contributed by atoms with Gasteiger partial charge >= 0.3 is 0 Å². The standard InChI is InChI=1S/C21H32O/c1-3-17-6-8-18(9-7-17)19-10-14-21(15-11-19)22-20-12-4-16(2)5-13-20/h4-5,12-13,17-19,21H,3,6-11,14-15H2,1-2H3. The van der Waals surface area contributed by atoms with Crippen LogP contribution in [-0.2, 0) is 0 Å². The quantitative estimate of drug-likeness (QED) is 0.648. The van der Waals surface area contributed by atoms with E-state index in [4.69, 9.17) is 4.74 Å². The van der Waals surface area contributed by atoms with Gasteiger partial charge in [-0.1, -0.05) is 43.9 Å². The van der Waals surface area contributed by atoms with Gasteiger partial charge in [0.25, 0.3) is 0 Å². The summed E-state index contributed by atoms with van der Waals surface area (Å²) in [5.74, 6) is 4.08. The van der Waals surface area contributed by atoms with Crippen molar-refractivity contribution >= 4 is 0 Å². The fourth-order valence-corrected chi connectivity index (χ4v) is 4.56. The van der Waals surface area contributed by atoms with Gasteiger partial charge in [0, 0.05) is 0 Å². The zero-order valence-electron chi connectivity index (χ0n) is 14.4. The molecule has 1 heteroatoms. The smallest absolute Gasteiger partial charge is 0.119 e. The lowest BCUT2D eigenvalue weighted by atomic mass is 9.70. The Labute approximate surface area is 136 Å². The third-order valence-corrected chi connectivity index (χ3v) is 6.18. The summed E-state index contributed by atoms with van der Waals surface area (Å²) in [4.78, 5) is 0. The molecule has 2 saturated carbocycles.